The number of carbonyl (C=O) groups is 1. The van der Waals surface area contributed by atoms with Crippen LogP contribution in [0.3, 0.4) is 0 Å². The number of benzene rings is 2. The van der Waals surface area contributed by atoms with Gasteiger partial charge in [-0.05, 0) is 30.7 Å². The van der Waals surface area contributed by atoms with Crippen molar-refractivity contribution in [2.24, 2.45) is 0 Å². The smallest absolute Gasteiger partial charge is 0.194 e. The Labute approximate surface area is 125 Å². The topological polar surface area (TPSA) is 26.3 Å². The Morgan fingerprint density at radius 2 is 2.00 bits per heavy atom. The van der Waals surface area contributed by atoms with Crippen molar-refractivity contribution in [1.29, 1.82) is 0 Å². The van der Waals surface area contributed by atoms with Gasteiger partial charge in [0.1, 0.15) is 5.82 Å². The maximum absolute atomic E-state index is 13.8. The van der Waals surface area contributed by atoms with E-state index in [0.29, 0.717) is 21.2 Å². The van der Waals surface area contributed by atoms with Crippen LogP contribution in [0.2, 0.25) is 0 Å². The molecule has 0 N–H and O–H groups in total. The molecule has 0 radical (unpaired) electrons. The molecule has 0 heterocycles. The molecular weight excluding hydrogens is 323 g/mol. The molecule has 0 amide bonds. The SMILES string of the molecule is COCc1ccc(C(=O)c2ccc(C)cc2Br)cc1F. The van der Waals surface area contributed by atoms with E-state index < -0.39 is 5.82 Å². The van der Waals surface area contributed by atoms with Crippen LogP contribution < -0.4 is 0 Å². The number of halogens is 2. The van der Waals surface area contributed by atoms with Crippen molar-refractivity contribution in [3.8, 4) is 0 Å². The Morgan fingerprint density at radius 1 is 1.25 bits per heavy atom. The molecule has 0 spiro atoms. The predicted octanol–water partition coefficient (Wildman–Crippen LogP) is 4.27. The molecule has 0 aliphatic heterocycles. The third-order valence-electron chi connectivity index (χ3n) is 2.98. The summed E-state index contributed by atoms with van der Waals surface area (Å²) in [7, 11) is 1.50. The van der Waals surface area contributed by atoms with E-state index in [-0.39, 0.29) is 12.4 Å². The van der Waals surface area contributed by atoms with Crippen LogP contribution in [0.15, 0.2) is 40.9 Å². The standard InChI is InChI=1S/C16H14BrFO2/c1-10-3-6-13(14(17)7-10)16(19)11-4-5-12(9-20-2)15(18)8-11/h3-8H,9H2,1-2H3. The zero-order valence-corrected chi connectivity index (χ0v) is 12.8. The lowest BCUT2D eigenvalue weighted by molar-refractivity contribution is 0.103. The number of aryl methyl sites for hydroxylation is 1. The summed E-state index contributed by atoms with van der Waals surface area (Å²) in [4.78, 5) is 12.4. The molecule has 0 bridgehead atoms. The van der Waals surface area contributed by atoms with Crippen LogP contribution in [-0.2, 0) is 11.3 Å². The molecule has 2 rings (SSSR count). The zero-order valence-electron chi connectivity index (χ0n) is 11.2. The molecule has 0 aliphatic carbocycles. The summed E-state index contributed by atoms with van der Waals surface area (Å²) in [5.74, 6) is -0.638. The lowest BCUT2D eigenvalue weighted by Gasteiger charge is -2.07. The maximum Gasteiger partial charge on any atom is 0.194 e. The van der Waals surface area contributed by atoms with Gasteiger partial charge in [-0.15, -0.1) is 0 Å². The van der Waals surface area contributed by atoms with E-state index >= 15 is 0 Å². The predicted molar refractivity (Wildman–Crippen MR) is 79.4 cm³/mol. The third kappa shape index (κ3) is 3.14. The fourth-order valence-corrected chi connectivity index (χ4v) is 2.59. The molecule has 2 aromatic carbocycles. The number of ketones is 1. The van der Waals surface area contributed by atoms with Crippen LogP contribution in [0.5, 0.6) is 0 Å². The monoisotopic (exact) mass is 336 g/mol. The van der Waals surface area contributed by atoms with Gasteiger partial charge < -0.3 is 4.74 Å². The van der Waals surface area contributed by atoms with Gasteiger partial charge >= 0.3 is 0 Å². The third-order valence-corrected chi connectivity index (χ3v) is 3.64. The van der Waals surface area contributed by atoms with Gasteiger partial charge in [0, 0.05) is 28.3 Å². The molecule has 0 unspecified atom stereocenters. The van der Waals surface area contributed by atoms with Gasteiger partial charge in [0.25, 0.3) is 0 Å². The number of hydrogen-bond acceptors (Lipinski definition) is 2. The molecule has 0 aliphatic rings. The molecule has 0 saturated carbocycles. The molecule has 0 atom stereocenters. The molecule has 2 aromatic rings. The van der Waals surface area contributed by atoms with Gasteiger partial charge in [0.2, 0.25) is 0 Å². The minimum absolute atomic E-state index is 0.189. The maximum atomic E-state index is 13.8. The summed E-state index contributed by atoms with van der Waals surface area (Å²) in [6.45, 7) is 2.13. The number of methoxy groups -OCH3 is 1. The first-order valence-electron chi connectivity index (χ1n) is 6.11. The van der Waals surface area contributed by atoms with Gasteiger partial charge in [-0.1, -0.05) is 34.1 Å². The highest BCUT2D eigenvalue weighted by atomic mass is 79.9. The first kappa shape index (κ1) is 14.9. The highest BCUT2D eigenvalue weighted by molar-refractivity contribution is 9.10. The number of hydrogen-bond donors (Lipinski definition) is 0. The zero-order chi connectivity index (χ0) is 14.7. The fourth-order valence-electron chi connectivity index (χ4n) is 1.92. The van der Waals surface area contributed by atoms with Crippen LogP contribution in [0.25, 0.3) is 0 Å². The van der Waals surface area contributed by atoms with Crippen LogP contribution in [0, 0.1) is 12.7 Å². The van der Waals surface area contributed by atoms with Crippen LogP contribution >= 0.6 is 15.9 Å². The fraction of sp³-hybridized carbons (Fsp3) is 0.188. The van der Waals surface area contributed by atoms with Crippen molar-refractivity contribution in [2.45, 2.75) is 13.5 Å². The number of carbonyl (C=O) groups excluding carboxylic acids is 1. The van der Waals surface area contributed by atoms with Crippen LogP contribution in [0.1, 0.15) is 27.0 Å². The van der Waals surface area contributed by atoms with Crippen molar-refractivity contribution >= 4 is 21.7 Å². The van der Waals surface area contributed by atoms with Gasteiger partial charge in [0.15, 0.2) is 5.78 Å². The summed E-state index contributed by atoms with van der Waals surface area (Å²) in [5, 5.41) is 0. The Kier molecular flexibility index (Phi) is 4.68. The van der Waals surface area contributed by atoms with Crippen molar-refractivity contribution in [2.75, 3.05) is 7.11 Å². The molecular formula is C16H14BrFO2. The van der Waals surface area contributed by atoms with Gasteiger partial charge in [-0.25, -0.2) is 4.39 Å². The van der Waals surface area contributed by atoms with Crippen molar-refractivity contribution in [3.63, 3.8) is 0 Å². The molecule has 4 heteroatoms. The second-order valence-electron chi connectivity index (χ2n) is 4.55. The second kappa shape index (κ2) is 6.29. The van der Waals surface area contributed by atoms with E-state index in [4.69, 9.17) is 4.74 Å². The Morgan fingerprint density at radius 3 is 2.60 bits per heavy atom. The quantitative estimate of drug-likeness (QED) is 0.779. The Bertz CT molecular complexity index is 653. The van der Waals surface area contributed by atoms with Gasteiger partial charge in [-0.2, -0.15) is 0 Å². The minimum Gasteiger partial charge on any atom is -0.380 e. The summed E-state index contributed by atoms with van der Waals surface area (Å²) in [5.41, 5.74) is 2.34. The molecule has 0 saturated heterocycles. The van der Waals surface area contributed by atoms with E-state index in [1.54, 1.807) is 18.2 Å². The Balaban J connectivity index is 2.36. The number of rotatable bonds is 4. The molecule has 0 fully saturated rings. The summed E-state index contributed by atoms with van der Waals surface area (Å²) in [6, 6.07) is 9.91. The van der Waals surface area contributed by atoms with Crippen molar-refractivity contribution in [3.05, 3.63) is 68.9 Å². The molecule has 0 aromatic heterocycles. The first-order valence-corrected chi connectivity index (χ1v) is 6.90. The van der Waals surface area contributed by atoms with Crippen LogP contribution in [0.4, 0.5) is 4.39 Å². The van der Waals surface area contributed by atoms with Gasteiger partial charge in [0.05, 0.1) is 6.61 Å². The van der Waals surface area contributed by atoms with Crippen molar-refractivity contribution < 1.29 is 13.9 Å². The van der Waals surface area contributed by atoms with E-state index in [0.717, 1.165) is 5.56 Å². The normalized spacial score (nSPS) is 10.6. The number of ether oxygens (including phenoxy) is 1. The highest BCUT2D eigenvalue weighted by Crippen LogP contribution is 2.22. The lowest BCUT2D eigenvalue weighted by Crippen LogP contribution is -2.04. The average molecular weight is 337 g/mol. The highest BCUT2D eigenvalue weighted by Gasteiger charge is 2.14. The Hall–Kier alpha value is -1.52. The van der Waals surface area contributed by atoms with E-state index in [9.17, 15) is 9.18 Å². The first-order chi connectivity index (χ1) is 9.52. The molecule has 20 heavy (non-hydrogen) atoms. The molecule has 2 nitrogen and oxygen atoms in total. The summed E-state index contributed by atoms with van der Waals surface area (Å²) in [6.07, 6.45) is 0. The second-order valence-corrected chi connectivity index (χ2v) is 5.41. The van der Waals surface area contributed by atoms with Crippen LogP contribution in [-0.4, -0.2) is 12.9 Å². The lowest BCUT2D eigenvalue weighted by atomic mass is 10.0. The summed E-state index contributed by atoms with van der Waals surface area (Å²) < 4.78 is 19.4. The molecule has 104 valence electrons. The van der Waals surface area contributed by atoms with E-state index in [1.165, 1.54) is 13.2 Å². The van der Waals surface area contributed by atoms with Gasteiger partial charge in [-0.3, -0.25) is 4.79 Å². The van der Waals surface area contributed by atoms with E-state index in [1.807, 2.05) is 19.1 Å². The van der Waals surface area contributed by atoms with Crippen molar-refractivity contribution in [1.82, 2.24) is 0 Å². The average Bonchev–Trinajstić information content (AvgIpc) is 2.40. The largest absolute Gasteiger partial charge is 0.380 e. The minimum atomic E-state index is -0.430. The summed E-state index contributed by atoms with van der Waals surface area (Å²) >= 11 is 3.37. The van der Waals surface area contributed by atoms with E-state index in [2.05, 4.69) is 15.9 Å².